The first-order valence-electron chi connectivity index (χ1n) is 5.87. The lowest BCUT2D eigenvalue weighted by Gasteiger charge is -2.36. The van der Waals surface area contributed by atoms with Crippen LogP contribution in [0, 0.1) is 5.41 Å². The zero-order valence-electron chi connectivity index (χ0n) is 10.4. The molecule has 0 bridgehead atoms. The summed E-state index contributed by atoms with van der Waals surface area (Å²) in [4.78, 5) is 11.9. The van der Waals surface area contributed by atoms with Crippen molar-refractivity contribution in [2.45, 2.75) is 31.1 Å². The Morgan fingerprint density at radius 2 is 2.05 bits per heavy atom. The number of benzene rings is 1. The molecule has 0 unspecified atom stereocenters. The first kappa shape index (κ1) is 14.1. The Hall–Kier alpha value is -1.27. The zero-order chi connectivity index (χ0) is 14.3. The Bertz CT molecular complexity index is 624. The highest BCUT2D eigenvalue weighted by atomic mass is 35.5. The van der Waals surface area contributed by atoms with E-state index in [-0.39, 0.29) is 15.6 Å². The van der Waals surface area contributed by atoms with Gasteiger partial charge in [-0.1, -0.05) is 24.9 Å². The Morgan fingerprint density at radius 1 is 1.42 bits per heavy atom. The summed E-state index contributed by atoms with van der Waals surface area (Å²) in [6, 6.07) is 3.94. The smallest absolute Gasteiger partial charge is 0.264 e. The Kier molecular flexibility index (Phi) is 3.49. The van der Waals surface area contributed by atoms with Gasteiger partial charge in [0.1, 0.15) is 0 Å². The molecule has 3 N–H and O–H groups in total. The van der Waals surface area contributed by atoms with Crippen LogP contribution in [0.15, 0.2) is 23.1 Å². The highest BCUT2D eigenvalue weighted by molar-refractivity contribution is 7.90. The van der Waals surface area contributed by atoms with Crippen LogP contribution in [0.3, 0.4) is 0 Å². The van der Waals surface area contributed by atoms with Crippen molar-refractivity contribution in [3.8, 4) is 0 Å². The van der Waals surface area contributed by atoms with Crippen LogP contribution in [0.1, 0.15) is 26.2 Å². The second-order valence-corrected chi connectivity index (χ2v) is 7.12. The van der Waals surface area contributed by atoms with Crippen molar-refractivity contribution in [3.63, 3.8) is 0 Å². The van der Waals surface area contributed by atoms with Crippen molar-refractivity contribution in [1.82, 2.24) is 4.72 Å². The summed E-state index contributed by atoms with van der Waals surface area (Å²) in [7, 11) is -3.90. The SMILES string of the molecule is CC1(C(=O)NS(=O)(=O)c2ccc(Cl)c(N)c2)CCC1. The highest BCUT2D eigenvalue weighted by Crippen LogP contribution is 2.40. The molecule has 0 aliphatic heterocycles. The predicted molar refractivity (Wildman–Crippen MR) is 73.2 cm³/mol. The normalized spacial score (nSPS) is 17.6. The van der Waals surface area contributed by atoms with Crippen molar-refractivity contribution >= 4 is 33.2 Å². The summed E-state index contributed by atoms with van der Waals surface area (Å²) >= 11 is 5.73. The van der Waals surface area contributed by atoms with Gasteiger partial charge in [-0.2, -0.15) is 0 Å². The van der Waals surface area contributed by atoms with Gasteiger partial charge in [-0.15, -0.1) is 0 Å². The number of hydrogen-bond acceptors (Lipinski definition) is 4. The molecule has 1 aliphatic carbocycles. The molecule has 1 aromatic rings. The molecule has 1 saturated carbocycles. The largest absolute Gasteiger partial charge is 0.397 e. The van der Waals surface area contributed by atoms with Gasteiger partial charge in [-0.3, -0.25) is 4.79 Å². The van der Waals surface area contributed by atoms with Gasteiger partial charge >= 0.3 is 0 Å². The molecule has 19 heavy (non-hydrogen) atoms. The van der Waals surface area contributed by atoms with E-state index in [1.807, 2.05) is 0 Å². The fourth-order valence-corrected chi connectivity index (χ4v) is 3.18. The first-order valence-corrected chi connectivity index (χ1v) is 7.73. The summed E-state index contributed by atoms with van der Waals surface area (Å²) < 4.78 is 26.2. The Balaban J connectivity index is 2.23. The quantitative estimate of drug-likeness (QED) is 0.835. The van der Waals surface area contributed by atoms with Gasteiger partial charge in [0, 0.05) is 5.41 Å². The number of anilines is 1. The van der Waals surface area contributed by atoms with Gasteiger partial charge in [-0.25, -0.2) is 13.1 Å². The molecular formula is C12H15ClN2O3S. The standard InChI is InChI=1S/C12H15ClN2O3S/c1-12(5-2-6-12)11(16)15-19(17,18)8-3-4-9(13)10(14)7-8/h3-4,7H,2,5-6,14H2,1H3,(H,15,16). The number of nitrogens with two attached hydrogens (primary N) is 1. The minimum Gasteiger partial charge on any atom is -0.397 e. The minimum absolute atomic E-state index is 0.0642. The fraction of sp³-hybridized carbons (Fsp3) is 0.417. The van der Waals surface area contributed by atoms with Crippen molar-refractivity contribution in [1.29, 1.82) is 0 Å². The molecule has 2 rings (SSSR count). The first-order chi connectivity index (χ1) is 8.74. The maximum atomic E-state index is 12.1. The number of hydrogen-bond donors (Lipinski definition) is 2. The van der Waals surface area contributed by atoms with Crippen LogP contribution in [-0.4, -0.2) is 14.3 Å². The molecule has 1 aliphatic rings. The second kappa shape index (κ2) is 4.68. The van der Waals surface area contributed by atoms with E-state index in [2.05, 4.69) is 4.72 Å². The number of carbonyl (C=O) groups is 1. The van der Waals surface area contributed by atoms with Crippen LogP contribution >= 0.6 is 11.6 Å². The van der Waals surface area contributed by atoms with E-state index in [1.165, 1.54) is 18.2 Å². The van der Waals surface area contributed by atoms with Crippen molar-refractivity contribution in [2.24, 2.45) is 5.41 Å². The molecule has 5 nitrogen and oxygen atoms in total. The number of amides is 1. The van der Waals surface area contributed by atoms with E-state index in [0.29, 0.717) is 12.8 Å². The number of rotatable bonds is 3. The van der Waals surface area contributed by atoms with Crippen molar-refractivity contribution < 1.29 is 13.2 Å². The summed E-state index contributed by atoms with van der Waals surface area (Å²) in [5.74, 6) is -0.465. The van der Waals surface area contributed by atoms with E-state index in [0.717, 1.165) is 6.42 Å². The summed E-state index contributed by atoms with van der Waals surface area (Å²) in [6.07, 6.45) is 2.35. The van der Waals surface area contributed by atoms with Crippen LogP contribution in [0.25, 0.3) is 0 Å². The third-order valence-corrected chi connectivity index (χ3v) is 5.18. The molecular weight excluding hydrogens is 288 g/mol. The molecule has 7 heteroatoms. The van der Waals surface area contributed by atoms with E-state index in [9.17, 15) is 13.2 Å². The average molecular weight is 303 g/mol. The van der Waals surface area contributed by atoms with Gasteiger partial charge in [0.05, 0.1) is 15.6 Å². The van der Waals surface area contributed by atoms with Gasteiger partial charge in [0.2, 0.25) is 5.91 Å². The molecule has 104 valence electrons. The molecule has 0 aromatic heterocycles. The predicted octanol–water partition coefficient (Wildman–Crippen LogP) is 1.92. The van der Waals surface area contributed by atoms with Gasteiger partial charge in [0.25, 0.3) is 10.0 Å². The fourth-order valence-electron chi connectivity index (χ4n) is 1.93. The minimum atomic E-state index is -3.90. The van der Waals surface area contributed by atoms with E-state index in [1.54, 1.807) is 6.92 Å². The lowest BCUT2D eigenvalue weighted by molar-refractivity contribution is -0.132. The van der Waals surface area contributed by atoms with Crippen LogP contribution < -0.4 is 10.5 Å². The van der Waals surface area contributed by atoms with Gasteiger partial charge in [-0.05, 0) is 31.0 Å². The van der Waals surface area contributed by atoms with Crippen LogP contribution in [0.5, 0.6) is 0 Å². The molecule has 1 fully saturated rings. The molecule has 1 aromatic carbocycles. The van der Waals surface area contributed by atoms with Crippen LogP contribution in [0.4, 0.5) is 5.69 Å². The summed E-state index contributed by atoms with van der Waals surface area (Å²) in [5.41, 5.74) is 5.14. The molecule has 0 atom stereocenters. The number of carbonyl (C=O) groups excluding carboxylic acids is 1. The van der Waals surface area contributed by atoms with E-state index < -0.39 is 21.3 Å². The summed E-state index contributed by atoms with van der Waals surface area (Å²) in [5, 5.41) is 0.274. The summed E-state index contributed by atoms with van der Waals surface area (Å²) in [6.45, 7) is 1.76. The topological polar surface area (TPSA) is 89.3 Å². The second-order valence-electron chi connectivity index (χ2n) is 5.03. The number of halogens is 1. The van der Waals surface area contributed by atoms with Crippen molar-refractivity contribution in [2.75, 3.05) is 5.73 Å². The van der Waals surface area contributed by atoms with Crippen LogP contribution in [-0.2, 0) is 14.8 Å². The third-order valence-electron chi connectivity index (χ3n) is 3.51. The Morgan fingerprint density at radius 3 is 2.53 bits per heavy atom. The molecule has 1 amide bonds. The lowest BCUT2D eigenvalue weighted by Crippen LogP contribution is -2.45. The van der Waals surface area contributed by atoms with Gasteiger partial charge in [0.15, 0.2) is 0 Å². The number of nitrogens with one attached hydrogen (secondary N) is 1. The van der Waals surface area contributed by atoms with Crippen LogP contribution in [0.2, 0.25) is 5.02 Å². The lowest BCUT2D eigenvalue weighted by atomic mass is 9.70. The zero-order valence-corrected chi connectivity index (χ0v) is 12.0. The van der Waals surface area contributed by atoms with E-state index in [4.69, 9.17) is 17.3 Å². The molecule has 0 heterocycles. The highest BCUT2D eigenvalue weighted by Gasteiger charge is 2.41. The molecule has 0 saturated heterocycles. The number of sulfonamides is 1. The van der Waals surface area contributed by atoms with Crippen molar-refractivity contribution in [3.05, 3.63) is 23.2 Å². The maximum Gasteiger partial charge on any atom is 0.264 e. The molecule has 0 radical (unpaired) electrons. The maximum absolute atomic E-state index is 12.1. The monoisotopic (exact) mass is 302 g/mol. The average Bonchev–Trinajstić information content (AvgIpc) is 2.28. The molecule has 0 spiro atoms. The third kappa shape index (κ3) is 2.69. The van der Waals surface area contributed by atoms with E-state index >= 15 is 0 Å². The number of nitrogen functional groups attached to an aromatic ring is 1. The Labute approximate surface area is 117 Å². The van der Waals surface area contributed by atoms with Gasteiger partial charge < -0.3 is 5.73 Å².